The molecule has 0 bridgehead atoms. The molecule has 2 aromatic heterocycles. The van der Waals surface area contributed by atoms with Crippen LogP contribution < -0.4 is 20.7 Å². The lowest BCUT2D eigenvalue weighted by atomic mass is 10.1. The monoisotopic (exact) mass is 596 g/mol. The number of hydrogen-bond donors (Lipinski definition) is 5. The maximum atomic E-state index is 12.2. The van der Waals surface area contributed by atoms with Crippen LogP contribution in [0.4, 0.5) is 10.5 Å². The van der Waals surface area contributed by atoms with Crippen LogP contribution >= 0.6 is 0 Å². The molecule has 2 aliphatic heterocycles. The lowest BCUT2D eigenvalue weighted by Gasteiger charge is -2.25. The molecule has 4 atom stereocenters. The minimum atomic E-state index is -0.416. The highest BCUT2D eigenvalue weighted by Gasteiger charge is 2.34. The Morgan fingerprint density at radius 2 is 1.57 bits per heavy atom. The van der Waals surface area contributed by atoms with Crippen LogP contribution in [0.5, 0.6) is 5.75 Å². The second-order valence-electron chi connectivity index (χ2n) is 10.9. The Balaban J connectivity index is 0.000000266. The van der Waals surface area contributed by atoms with Crippen molar-refractivity contribution in [2.75, 3.05) is 25.5 Å². The number of hydrogen-bond acceptors (Lipinski definition) is 8. The zero-order valence-electron chi connectivity index (χ0n) is 24.8. The first kappa shape index (κ1) is 31.1. The van der Waals surface area contributed by atoms with E-state index in [1.165, 1.54) is 0 Å². The number of nitrogens with one attached hydrogen (secondary N) is 3. The summed E-state index contributed by atoms with van der Waals surface area (Å²) in [7, 11) is 1.62. The summed E-state index contributed by atoms with van der Waals surface area (Å²) in [4.78, 5) is 23.1. The summed E-state index contributed by atoms with van der Waals surface area (Å²) >= 11 is 0. The summed E-state index contributed by atoms with van der Waals surface area (Å²) < 4.78 is 5.14. The van der Waals surface area contributed by atoms with E-state index in [-0.39, 0.29) is 24.2 Å². The zero-order chi connectivity index (χ0) is 30.7. The van der Waals surface area contributed by atoms with Crippen molar-refractivity contribution in [3.8, 4) is 5.75 Å². The van der Waals surface area contributed by atoms with Gasteiger partial charge in [0.15, 0.2) is 0 Å². The predicted molar refractivity (Wildman–Crippen MR) is 169 cm³/mol. The van der Waals surface area contributed by atoms with Gasteiger partial charge in [0, 0.05) is 37.7 Å². The number of methoxy groups -OCH3 is 1. The van der Waals surface area contributed by atoms with Gasteiger partial charge in [-0.25, -0.2) is 4.79 Å². The van der Waals surface area contributed by atoms with Crippen LogP contribution in [-0.4, -0.2) is 63.5 Å². The number of nitrogens with zero attached hydrogens (tertiary/aromatic N) is 3. The topological polar surface area (TPSA) is 132 Å². The van der Waals surface area contributed by atoms with E-state index in [0.29, 0.717) is 13.1 Å². The molecule has 10 nitrogen and oxygen atoms in total. The number of benzene rings is 2. The number of aliphatic hydroxyl groups is 2. The second-order valence-corrected chi connectivity index (χ2v) is 10.9. The number of rotatable bonds is 8. The van der Waals surface area contributed by atoms with Crippen LogP contribution in [0.15, 0.2) is 97.3 Å². The first-order valence-corrected chi connectivity index (χ1v) is 14.9. The summed E-state index contributed by atoms with van der Waals surface area (Å²) in [5.74, 6) is 0.785. The fraction of sp³-hybridized carbons (Fsp3) is 0.324. The summed E-state index contributed by atoms with van der Waals surface area (Å²) in [6.07, 6.45) is 4.37. The van der Waals surface area contributed by atoms with Gasteiger partial charge in [-0.15, -0.1) is 0 Å². The average Bonchev–Trinajstić information content (AvgIpc) is 3.66. The van der Waals surface area contributed by atoms with Crippen LogP contribution in [0.25, 0.3) is 0 Å². The number of carbonyl (C=O) groups excluding carboxylic acids is 1. The molecule has 10 heteroatoms. The molecule has 0 aliphatic carbocycles. The summed E-state index contributed by atoms with van der Waals surface area (Å²) in [6, 6.07) is 26.6. The maximum absolute atomic E-state index is 12.2. The van der Waals surface area contributed by atoms with Gasteiger partial charge in [-0.2, -0.15) is 0 Å². The third-order valence-corrected chi connectivity index (χ3v) is 7.87. The number of anilines is 1. The number of aromatic nitrogens is 2. The van der Waals surface area contributed by atoms with Crippen molar-refractivity contribution in [3.05, 3.63) is 120 Å². The lowest BCUT2D eigenvalue weighted by Crippen LogP contribution is -2.28. The van der Waals surface area contributed by atoms with Crippen molar-refractivity contribution in [3.63, 3.8) is 0 Å². The van der Waals surface area contributed by atoms with Gasteiger partial charge < -0.3 is 30.9 Å². The standard InChI is InChI=1S/C25H28N4O3.C9H12N2O/c1-32-21-11-7-18(8-12-21)16-27-25(31)28-20-9-5-19(6-10-20)17-29-15-13-23(30)24(29)22-4-2-3-14-26-22;12-8-4-6-11-9(8)7-3-1-2-5-10-7/h2-12,14,23-24,30H,13,15-17H2,1H3,(H2,27,28,31);1-3,5,8-9,11-12H,4,6H2. The zero-order valence-corrected chi connectivity index (χ0v) is 24.8. The largest absolute Gasteiger partial charge is 0.497 e. The Hall–Kier alpha value is -4.35. The highest BCUT2D eigenvalue weighted by atomic mass is 16.5. The van der Waals surface area contributed by atoms with E-state index in [1.807, 2.05) is 84.9 Å². The number of amides is 2. The smallest absolute Gasteiger partial charge is 0.319 e. The molecule has 230 valence electrons. The number of aliphatic hydroxyl groups excluding tert-OH is 2. The molecular formula is C34H40N6O4. The number of urea groups is 1. The van der Waals surface area contributed by atoms with Crippen LogP contribution in [0, 0.1) is 0 Å². The van der Waals surface area contributed by atoms with Crippen LogP contribution in [-0.2, 0) is 13.1 Å². The van der Waals surface area contributed by atoms with Crippen molar-refractivity contribution < 1.29 is 19.7 Å². The van der Waals surface area contributed by atoms with Crippen molar-refractivity contribution in [1.29, 1.82) is 0 Å². The van der Waals surface area contributed by atoms with Crippen molar-refractivity contribution in [2.24, 2.45) is 0 Å². The Morgan fingerprint density at radius 3 is 2.18 bits per heavy atom. The minimum Gasteiger partial charge on any atom is -0.497 e. The first-order chi connectivity index (χ1) is 21.5. The molecule has 2 fully saturated rings. The van der Waals surface area contributed by atoms with Crippen LogP contribution in [0.2, 0.25) is 0 Å². The third-order valence-electron chi connectivity index (χ3n) is 7.87. The molecule has 0 spiro atoms. The minimum absolute atomic E-state index is 0.0335. The highest BCUT2D eigenvalue weighted by Crippen LogP contribution is 2.32. The van der Waals surface area contributed by atoms with Gasteiger partial charge in [0.05, 0.1) is 42.8 Å². The Kier molecular flexibility index (Phi) is 10.9. The third kappa shape index (κ3) is 8.39. The van der Waals surface area contributed by atoms with Crippen molar-refractivity contribution in [1.82, 2.24) is 25.5 Å². The molecule has 4 heterocycles. The maximum Gasteiger partial charge on any atom is 0.319 e. The van der Waals surface area contributed by atoms with Gasteiger partial charge in [-0.05, 0) is 79.0 Å². The van der Waals surface area contributed by atoms with E-state index >= 15 is 0 Å². The first-order valence-electron chi connectivity index (χ1n) is 14.9. The SMILES string of the molecule is COc1ccc(CNC(=O)Nc2ccc(CN3CCC(O)C3c3ccccn3)cc2)cc1.OC1CCNC1c1ccccn1. The molecule has 5 N–H and O–H groups in total. The van der Waals surface area contributed by atoms with E-state index in [2.05, 4.69) is 30.8 Å². The summed E-state index contributed by atoms with van der Waals surface area (Å²) in [6.45, 7) is 2.83. The van der Waals surface area contributed by atoms with Gasteiger partial charge in [0.1, 0.15) is 5.75 Å². The average molecular weight is 597 g/mol. The van der Waals surface area contributed by atoms with Gasteiger partial charge in [0.2, 0.25) is 0 Å². The summed E-state index contributed by atoms with van der Waals surface area (Å²) in [5.41, 5.74) is 4.66. The Labute approximate surface area is 258 Å². The molecular weight excluding hydrogens is 556 g/mol. The van der Waals surface area contributed by atoms with Gasteiger partial charge >= 0.3 is 6.03 Å². The molecule has 2 amide bonds. The van der Waals surface area contributed by atoms with Crippen LogP contribution in [0.3, 0.4) is 0 Å². The molecule has 44 heavy (non-hydrogen) atoms. The van der Waals surface area contributed by atoms with E-state index in [0.717, 1.165) is 59.9 Å². The normalized spacial score (nSPS) is 21.2. The molecule has 0 saturated carbocycles. The molecule has 2 aromatic carbocycles. The Morgan fingerprint density at radius 1 is 0.886 bits per heavy atom. The van der Waals surface area contributed by atoms with Crippen molar-refractivity contribution in [2.45, 2.75) is 50.2 Å². The number of carbonyl (C=O) groups is 1. The second kappa shape index (κ2) is 15.4. The number of likely N-dealkylation sites (tertiary alicyclic amines) is 1. The van der Waals surface area contributed by atoms with E-state index in [4.69, 9.17) is 4.74 Å². The molecule has 6 rings (SSSR count). The quantitative estimate of drug-likeness (QED) is 0.205. The van der Waals surface area contributed by atoms with Gasteiger partial charge in [-0.3, -0.25) is 14.9 Å². The van der Waals surface area contributed by atoms with E-state index in [1.54, 1.807) is 19.5 Å². The fourth-order valence-corrected chi connectivity index (χ4v) is 5.53. The van der Waals surface area contributed by atoms with E-state index in [9.17, 15) is 15.0 Å². The molecule has 2 saturated heterocycles. The summed E-state index contributed by atoms with van der Waals surface area (Å²) in [5, 5.41) is 28.9. The van der Waals surface area contributed by atoms with Crippen LogP contribution in [0.1, 0.15) is 47.4 Å². The number of ether oxygens (including phenoxy) is 1. The highest BCUT2D eigenvalue weighted by molar-refractivity contribution is 5.89. The lowest BCUT2D eigenvalue weighted by molar-refractivity contribution is 0.110. The molecule has 0 radical (unpaired) electrons. The van der Waals surface area contributed by atoms with Gasteiger partial charge in [0.25, 0.3) is 0 Å². The predicted octanol–water partition coefficient (Wildman–Crippen LogP) is 4.20. The fourth-order valence-electron chi connectivity index (χ4n) is 5.53. The van der Waals surface area contributed by atoms with E-state index < -0.39 is 6.10 Å². The Bertz CT molecular complexity index is 1440. The van der Waals surface area contributed by atoms with Gasteiger partial charge in [-0.1, -0.05) is 36.4 Å². The number of pyridine rings is 2. The molecule has 2 aliphatic rings. The molecule has 4 unspecified atom stereocenters. The van der Waals surface area contributed by atoms with Crippen molar-refractivity contribution >= 4 is 11.7 Å². The molecule has 4 aromatic rings.